The van der Waals surface area contributed by atoms with E-state index in [4.69, 9.17) is 16.6 Å². The number of nitrogens with one attached hydrogen (secondary N) is 2. The molecule has 0 fully saturated rings. The molecule has 0 bridgehead atoms. The number of aryl methyl sites for hydroxylation is 1. The zero-order chi connectivity index (χ0) is 31.7. The Labute approximate surface area is 268 Å². The fourth-order valence-electron chi connectivity index (χ4n) is 5.83. The van der Waals surface area contributed by atoms with Gasteiger partial charge in [-0.05, 0) is 53.6 Å². The molecule has 2 N–H and O–H groups in total. The highest BCUT2D eigenvalue weighted by Gasteiger charge is 2.41. The van der Waals surface area contributed by atoms with Gasteiger partial charge in [0.15, 0.2) is 0 Å². The highest BCUT2D eigenvalue weighted by atomic mass is 35.5. The van der Waals surface area contributed by atoms with Crippen molar-refractivity contribution in [2.75, 3.05) is 12.3 Å². The van der Waals surface area contributed by atoms with Gasteiger partial charge in [-0.25, -0.2) is 18.1 Å². The Kier molecular flexibility index (Phi) is 10.4. The largest absolute Gasteiger partial charge is 0.347 e. The van der Waals surface area contributed by atoms with Crippen molar-refractivity contribution in [1.29, 1.82) is 0 Å². The third-order valence-corrected chi connectivity index (χ3v) is 9.67. The van der Waals surface area contributed by atoms with Crippen molar-refractivity contribution in [3.8, 4) is 0 Å². The molecule has 8 nitrogen and oxygen atoms in total. The topological polar surface area (TPSA) is 118 Å². The van der Waals surface area contributed by atoms with Crippen LogP contribution in [0.3, 0.4) is 0 Å². The number of hydrogen-bond donors (Lipinski definition) is 2. The van der Waals surface area contributed by atoms with Crippen molar-refractivity contribution in [3.63, 3.8) is 0 Å². The molecule has 5 aromatic rings. The summed E-state index contributed by atoms with van der Waals surface area (Å²) in [6.45, 7) is -0.334. The van der Waals surface area contributed by atoms with Crippen molar-refractivity contribution in [1.82, 2.24) is 14.7 Å². The smallest absolute Gasteiger partial charge is 0.212 e. The van der Waals surface area contributed by atoms with Gasteiger partial charge in [0.2, 0.25) is 16.6 Å². The lowest BCUT2D eigenvalue weighted by Crippen LogP contribution is -2.32. The molecule has 0 saturated heterocycles. The molecule has 1 atom stereocenters. The summed E-state index contributed by atoms with van der Waals surface area (Å²) in [5.74, 6) is -0.206. The number of aromatic amines is 1. The molecule has 45 heavy (non-hydrogen) atoms. The first-order valence-electron chi connectivity index (χ1n) is 14.8. The Balaban J connectivity index is 1.34. The molecule has 10 heteroatoms. The lowest BCUT2D eigenvalue weighted by Gasteiger charge is -2.34. The predicted octanol–water partition coefficient (Wildman–Crippen LogP) is 6.78. The number of rotatable bonds is 15. The first-order chi connectivity index (χ1) is 21.8. The number of sulfonamides is 1. The molecule has 0 aliphatic heterocycles. The zero-order valence-electron chi connectivity index (χ0n) is 24.7. The number of imidazole rings is 1. The van der Waals surface area contributed by atoms with E-state index in [1.165, 1.54) is 0 Å². The van der Waals surface area contributed by atoms with Crippen LogP contribution in [0, 0.1) is 16.0 Å². The molecule has 232 valence electrons. The molecule has 0 aliphatic rings. The Bertz CT molecular complexity index is 1690. The zero-order valence-corrected chi connectivity index (χ0v) is 26.3. The maximum atomic E-state index is 12.8. The van der Waals surface area contributed by atoms with Gasteiger partial charge in [0.1, 0.15) is 11.2 Å². The highest BCUT2D eigenvalue weighted by molar-refractivity contribution is 7.89. The standard InChI is InChI=1S/C35H35ClN4O4S/c36-32-21-19-27(20-22-32)23-38-45(43,44)26-28(25-40(41)42)11-10-18-33-24-37-34(39-33)35(29-12-4-1-5-13-29,30-14-6-2-7-15-30)31-16-8-3-9-17-31/h1-9,12-17,19-22,24,28,38H,10-11,18,23,25-26H2,(H,37,39). The van der Waals surface area contributed by atoms with Gasteiger partial charge < -0.3 is 4.98 Å². The maximum Gasteiger partial charge on any atom is 0.212 e. The van der Waals surface area contributed by atoms with Crippen LogP contribution < -0.4 is 4.72 Å². The molecule has 0 saturated carbocycles. The van der Waals surface area contributed by atoms with E-state index in [-0.39, 0.29) is 12.3 Å². The first-order valence-corrected chi connectivity index (χ1v) is 16.8. The van der Waals surface area contributed by atoms with Crippen molar-refractivity contribution in [3.05, 3.63) is 170 Å². The fourth-order valence-corrected chi connectivity index (χ4v) is 7.35. The van der Waals surface area contributed by atoms with Crippen LogP contribution in [0.15, 0.2) is 121 Å². The SMILES string of the molecule is O=[N+]([O-])CC(CCCc1c[nH]c(C(c2ccccc2)(c2ccccc2)c2ccccc2)n1)CS(=O)(=O)NCc1ccc(Cl)cc1. The lowest BCUT2D eigenvalue weighted by molar-refractivity contribution is -0.487. The Morgan fingerprint density at radius 2 is 1.38 bits per heavy atom. The van der Waals surface area contributed by atoms with Crippen molar-refractivity contribution in [2.24, 2.45) is 5.92 Å². The number of hydrogen-bond acceptors (Lipinski definition) is 5. The molecule has 1 aromatic heterocycles. The minimum atomic E-state index is -3.75. The molecule has 0 amide bonds. The predicted molar refractivity (Wildman–Crippen MR) is 177 cm³/mol. The van der Waals surface area contributed by atoms with Gasteiger partial charge in [-0.2, -0.15) is 0 Å². The van der Waals surface area contributed by atoms with Gasteiger partial charge in [-0.1, -0.05) is 115 Å². The van der Waals surface area contributed by atoms with Gasteiger partial charge in [0.25, 0.3) is 0 Å². The van der Waals surface area contributed by atoms with Crippen LogP contribution in [0.5, 0.6) is 0 Å². The van der Waals surface area contributed by atoms with Crippen molar-refractivity contribution in [2.45, 2.75) is 31.2 Å². The number of benzene rings is 4. The van der Waals surface area contributed by atoms with Crippen LogP contribution in [0.25, 0.3) is 0 Å². The average molecular weight is 643 g/mol. The third-order valence-electron chi connectivity index (χ3n) is 7.92. The van der Waals surface area contributed by atoms with Crippen LogP contribution in [-0.4, -0.2) is 35.6 Å². The van der Waals surface area contributed by atoms with Crippen molar-refractivity contribution < 1.29 is 13.3 Å². The van der Waals surface area contributed by atoms with E-state index < -0.39 is 32.8 Å². The second kappa shape index (κ2) is 14.6. The summed E-state index contributed by atoms with van der Waals surface area (Å²) < 4.78 is 28.2. The summed E-state index contributed by atoms with van der Waals surface area (Å²) in [6, 6.07) is 37.6. The number of halogens is 1. The van der Waals surface area contributed by atoms with E-state index in [2.05, 4.69) is 46.1 Å². The number of aromatic nitrogens is 2. The second-order valence-corrected chi connectivity index (χ2v) is 13.4. The van der Waals surface area contributed by atoms with E-state index in [1.807, 2.05) is 60.8 Å². The number of H-pyrrole nitrogens is 1. The Morgan fingerprint density at radius 1 is 0.844 bits per heavy atom. The summed E-state index contributed by atoms with van der Waals surface area (Å²) in [4.78, 5) is 19.5. The number of nitro groups is 1. The monoisotopic (exact) mass is 642 g/mol. The first kappa shape index (κ1) is 32.1. The molecule has 5 rings (SSSR count). The molecule has 0 aliphatic carbocycles. The Hall–Kier alpha value is -4.31. The quantitative estimate of drug-likeness (QED) is 0.0741. The van der Waals surface area contributed by atoms with Gasteiger partial charge >= 0.3 is 0 Å². The van der Waals surface area contributed by atoms with Crippen LogP contribution in [0.2, 0.25) is 5.02 Å². The van der Waals surface area contributed by atoms with Crippen LogP contribution in [-0.2, 0) is 28.4 Å². The summed E-state index contributed by atoms with van der Waals surface area (Å²) in [5, 5.41) is 12.0. The molecule has 0 radical (unpaired) electrons. The minimum Gasteiger partial charge on any atom is -0.347 e. The normalized spacial score (nSPS) is 12.6. The maximum absolute atomic E-state index is 12.8. The molecular weight excluding hydrogens is 608 g/mol. The van der Waals surface area contributed by atoms with E-state index >= 15 is 0 Å². The molecular formula is C35H35ClN4O4S. The highest BCUT2D eigenvalue weighted by Crippen LogP contribution is 2.43. The van der Waals surface area contributed by atoms with E-state index in [1.54, 1.807) is 24.3 Å². The van der Waals surface area contributed by atoms with Crippen LogP contribution >= 0.6 is 11.6 Å². The summed E-state index contributed by atoms with van der Waals surface area (Å²) >= 11 is 5.91. The van der Waals surface area contributed by atoms with Crippen molar-refractivity contribution >= 4 is 21.6 Å². The molecule has 1 heterocycles. The number of nitrogens with zero attached hydrogens (tertiary/aromatic N) is 2. The minimum absolute atomic E-state index is 0.0900. The lowest BCUT2D eigenvalue weighted by atomic mass is 9.69. The van der Waals surface area contributed by atoms with Gasteiger partial charge in [0.05, 0.1) is 11.4 Å². The third kappa shape index (κ3) is 8.05. The summed E-state index contributed by atoms with van der Waals surface area (Å²) in [7, 11) is -3.75. The molecule has 0 spiro atoms. The van der Waals surface area contributed by atoms with E-state index in [9.17, 15) is 18.5 Å². The Morgan fingerprint density at radius 3 is 1.89 bits per heavy atom. The average Bonchev–Trinajstić information content (AvgIpc) is 3.51. The van der Waals surface area contributed by atoms with Gasteiger partial charge in [-0.15, -0.1) is 0 Å². The molecule has 4 aromatic carbocycles. The second-order valence-electron chi connectivity index (χ2n) is 11.1. The summed E-state index contributed by atoms with van der Waals surface area (Å²) in [5.41, 5.74) is 4.03. The summed E-state index contributed by atoms with van der Waals surface area (Å²) in [6.07, 6.45) is 3.33. The van der Waals surface area contributed by atoms with E-state index in [0.717, 1.165) is 33.8 Å². The van der Waals surface area contributed by atoms with Gasteiger partial charge in [0, 0.05) is 28.6 Å². The van der Waals surface area contributed by atoms with Gasteiger partial charge in [-0.3, -0.25) is 10.1 Å². The molecule has 1 unspecified atom stereocenters. The van der Waals surface area contributed by atoms with Crippen LogP contribution in [0.1, 0.15) is 46.6 Å². The fraction of sp³-hybridized carbons (Fsp3) is 0.229. The van der Waals surface area contributed by atoms with E-state index in [0.29, 0.717) is 24.3 Å². The van der Waals surface area contributed by atoms with Crippen LogP contribution in [0.4, 0.5) is 0 Å².